The number of thiophene rings is 1. The van der Waals surface area contributed by atoms with Crippen LogP contribution in [0.5, 0.6) is 0 Å². The molecule has 0 aromatic carbocycles. The van der Waals surface area contributed by atoms with Crippen molar-refractivity contribution < 1.29 is 4.79 Å². The highest BCUT2D eigenvalue weighted by Crippen LogP contribution is 2.31. The standard InChI is InChI=1S/C14H22N4OS/c1-8(2)12-10-7-11(20-14(10)18(4)17-12)13(19)16-6-5-9(3)15/h7-9H,5-6,15H2,1-4H3,(H,16,19). The highest BCUT2D eigenvalue weighted by Gasteiger charge is 2.18. The Kier molecular flexibility index (Phi) is 4.45. The molecule has 2 aromatic heterocycles. The lowest BCUT2D eigenvalue weighted by atomic mass is 10.1. The Hall–Kier alpha value is -1.40. The van der Waals surface area contributed by atoms with E-state index in [1.807, 2.05) is 24.7 Å². The van der Waals surface area contributed by atoms with E-state index in [4.69, 9.17) is 5.73 Å². The molecular weight excluding hydrogens is 272 g/mol. The molecule has 2 rings (SSSR count). The minimum atomic E-state index is -0.0263. The summed E-state index contributed by atoms with van der Waals surface area (Å²) in [4.78, 5) is 13.9. The summed E-state index contributed by atoms with van der Waals surface area (Å²) in [5.41, 5.74) is 6.72. The molecule has 0 radical (unpaired) electrons. The second-order valence-corrected chi connectivity index (χ2v) is 6.55. The Morgan fingerprint density at radius 1 is 1.50 bits per heavy atom. The quantitative estimate of drug-likeness (QED) is 0.888. The molecular formula is C14H22N4OS. The van der Waals surface area contributed by atoms with Crippen molar-refractivity contribution in [3.8, 4) is 0 Å². The van der Waals surface area contributed by atoms with E-state index < -0.39 is 0 Å². The van der Waals surface area contributed by atoms with Gasteiger partial charge in [0.05, 0.1) is 10.6 Å². The summed E-state index contributed by atoms with van der Waals surface area (Å²) in [6, 6.07) is 2.05. The van der Waals surface area contributed by atoms with Crippen molar-refractivity contribution in [3.63, 3.8) is 0 Å². The van der Waals surface area contributed by atoms with Gasteiger partial charge in [-0.2, -0.15) is 5.10 Å². The lowest BCUT2D eigenvalue weighted by Gasteiger charge is -2.05. The van der Waals surface area contributed by atoms with E-state index >= 15 is 0 Å². The summed E-state index contributed by atoms with van der Waals surface area (Å²) in [5.74, 6) is 0.323. The molecule has 20 heavy (non-hydrogen) atoms. The first-order valence-electron chi connectivity index (χ1n) is 6.90. The molecule has 1 unspecified atom stereocenters. The van der Waals surface area contributed by atoms with Gasteiger partial charge in [0.2, 0.25) is 0 Å². The van der Waals surface area contributed by atoms with Crippen molar-refractivity contribution in [3.05, 3.63) is 16.6 Å². The van der Waals surface area contributed by atoms with Gasteiger partial charge >= 0.3 is 0 Å². The lowest BCUT2D eigenvalue weighted by Crippen LogP contribution is -2.28. The number of nitrogens with two attached hydrogens (primary N) is 1. The molecule has 110 valence electrons. The smallest absolute Gasteiger partial charge is 0.261 e. The van der Waals surface area contributed by atoms with Crippen molar-refractivity contribution in [1.29, 1.82) is 0 Å². The molecule has 0 aliphatic heterocycles. The third-order valence-electron chi connectivity index (χ3n) is 3.20. The number of aromatic nitrogens is 2. The number of hydrogen-bond donors (Lipinski definition) is 2. The van der Waals surface area contributed by atoms with Crippen molar-refractivity contribution >= 4 is 27.5 Å². The Balaban J connectivity index is 2.19. The molecule has 1 atom stereocenters. The van der Waals surface area contributed by atoms with Crippen LogP contribution in [0.1, 0.15) is 48.5 Å². The van der Waals surface area contributed by atoms with Crippen molar-refractivity contribution in [2.45, 2.75) is 39.2 Å². The molecule has 5 nitrogen and oxygen atoms in total. The van der Waals surface area contributed by atoms with Crippen LogP contribution in [0, 0.1) is 0 Å². The first-order chi connectivity index (χ1) is 9.40. The summed E-state index contributed by atoms with van der Waals surface area (Å²) in [6.45, 7) is 6.77. The molecule has 2 heterocycles. The normalized spacial score (nSPS) is 13.1. The van der Waals surface area contributed by atoms with Gasteiger partial charge in [0.1, 0.15) is 4.83 Å². The van der Waals surface area contributed by atoms with Crippen LogP contribution >= 0.6 is 11.3 Å². The zero-order chi connectivity index (χ0) is 14.9. The fourth-order valence-electron chi connectivity index (χ4n) is 2.11. The van der Waals surface area contributed by atoms with E-state index in [2.05, 4.69) is 24.3 Å². The van der Waals surface area contributed by atoms with Gasteiger partial charge in [0, 0.05) is 25.0 Å². The van der Waals surface area contributed by atoms with E-state index in [1.165, 1.54) is 11.3 Å². The molecule has 0 aliphatic rings. The molecule has 0 fully saturated rings. The maximum absolute atomic E-state index is 12.1. The number of aryl methyl sites for hydroxylation is 1. The average molecular weight is 294 g/mol. The fourth-order valence-corrected chi connectivity index (χ4v) is 3.10. The first-order valence-corrected chi connectivity index (χ1v) is 7.72. The van der Waals surface area contributed by atoms with Crippen LogP contribution in [0.15, 0.2) is 6.07 Å². The van der Waals surface area contributed by atoms with Crippen LogP contribution in [-0.2, 0) is 7.05 Å². The van der Waals surface area contributed by atoms with Gasteiger partial charge in [-0.05, 0) is 25.3 Å². The summed E-state index contributed by atoms with van der Waals surface area (Å²) < 4.78 is 1.86. The van der Waals surface area contributed by atoms with Crippen LogP contribution in [0.2, 0.25) is 0 Å². The van der Waals surface area contributed by atoms with E-state index in [0.29, 0.717) is 12.5 Å². The van der Waals surface area contributed by atoms with Crippen LogP contribution < -0.4 is 11.1 Å². The van der Waals surface area contributed by atoms with Crippen LogP contribution in [0.3, 0.4) is 0 Å². The van der Waals surface area contributed by atoms with Crippen LogP contribution in [0.4, 0.5) is 0 Å². The molecule has 0 saturated heterocycles. The number of hydrogen-bond acceptors (Lipinski definition) is 4. The fraction of sp³-hybridized carbons (Fsp3) is 0.571. The maximum Gasteiger partial charge on any atom is 0.261 e. The van der Waals surface area contributed by atoms with E-state index in [9.17, 15) is 4.79 Å². The number of amides is 1. The molecule has 3 N–H and O–H groups in total. The highest BCUT2D eigenvalue weighted by atomic mass is 32.1. The number of nitrogens with one attached hydrogen (secondary N) is 1. The highest BCUT2D eigenvalue weighted by molar-refractivity contribution is 7.20. The molecule has 6 heteroatoms. The second kappa shape index (κ2) is 5.93. The SMILES string of the molecule is CC(N)CCNC(=O)c1cc2c(C(C)C)nn(C)c2s1. The molecule has 2 aromatic rings. The van der Waals surface area contributed by atoms with Gasteiger partial charge < -0.3 is 11.1 Å². The van der Waals surface area contributed by atoms with Gasteiger partial charge in [-0.15, -0.1) is 11.3 Å². The molecule has 0 aliphatic carbocycles. The third kappa shape index (κ3) is 3.02. The Bertz CT molecular complexity index is 612. The van der Waals surface area contributed by atoms with Gasteiger partial charge in [0.25, 0.3) is 5.91 Å². The third-order valence-corrected chi connectivity index (χ3v) is 4.40. The summed E-state index contributed by atoms with van der Waals surface area (Å²) in [6.07, 6.45) is 0.787. The minimum absolute atomic E-state index is 0.0263. The van der Waals surface area contributed by atoms with Gasteiger partial charge in [-0.1, -0.05) is 13.8 Å². The molecule has 1 amide bonds. The largest absolute Gasteiger partial charge is 0.351 e. The molecule has 0 bridgehead atoms. The summed E-state index contributed by atoms with van der Waals surface area (Å²) in [5, 5.41) is 8.51. The van der Waals surface area contributed by atoms with Crippen molar-refractivity contribution in [2.24, 2.45) is 12.8 Å². The van der Waals surface area contributed by atoms with E-state index in [1.54, 1.807) is 0 Å². The number of nitrogens with zero attached hydrogens (tertiary/aromatic N) is 2. The van der Waals surface area contributed by atoms with E-state index in [0.717, 1.165) is 27.2 Å². The number of carbonyl (C=O) groups is 1. The van der Waals surface area contributed by atoms with Crippen molar-refractivity contribution in [2.75, 3.05) is 6.54 Å². The summed E-state index contributed by atoms with van der Waals surface area (Å²) in [7, 11) is 1.92. The Morgan fingerprint density at radius 3 is 2.80 bits per heavy atom. The summed E-state index contributed by atoms with van der Waals surface area (Å²) >= 11 is 1.49. The Morgan fingerprint density at radius 2 is 2.20 bits per heavy atom. The predicted molar refractivity (Wildman–Crippen MR) is 83.3 cm³/mol. The number of fused-ring (bicyclic) bond motifs is 1. The number of rotatable bonds is 5. The van der Waals surface area contributed by atoms with E-state index in [-0.39, 0.29) is 11.9 Å². The predicted octanol–water partition coefficient (Wildman–Crippen LogP) is 2.23. The lowest BCUT2D eigenvalue weighted by molar-refractivity contribution is 0.0957. The number of carbonyl (C=O) groups excluding carboxylic acids is 1. The van der Waals surface area contributed by atoms with Crippen LogP contribution in [0.25, 0.3) is 10.2 Å². The minimum Gasteiger partial charge on any atom is -0.351 e. The zero-order valence-corrected chi connectivity index (χ0v) is 13.3. The topological polar surface area (TPSA) is 72.9 Å². The second-order valence-electron chi connectivity index (χ2n) is 5.51. The zero-order valence-electron chi connectivity index (χ0n) is 12.4. The molecule has 0 spiro atoms. The average Bonchev–Trinajstić information content (AvgIpc) is 2.89. The van der Waals surface area contributed by atoms with Gasteiger partial charge in [-0.25, -0.2) is 0 Å². The van der Waals surface area contributed by atoms with Crippen molar-refractivity contribution in [1.82, 2.24) is 15.1 Å². The maximum atomic E-state index is 12.1. The van der Waals surface area contributed by atoms with Crippen LogP contribution in [-0.4, -0.2) is 28.3 Å². The van der Waals surface area contributed by atoms with Gasteiger partial charge in [0.15, 0.2) is 0 Å². The first kappa shape index (κ1) is 15.0. The monoisotopic (exact) mass is 294 g/mol. The van der Waals surface area contributed by atoms with Gasteiger partial charge in [-0.3, -0.25) is 9.48 Å². The molecule has 0 saturated carbocycles. The Labute approximate surface area is 123 Å².